The van der Waals surface area contributed by atoms with E-state index in [0.717, 1.165) is 0 Å². The lowest BCUT2D eigenvalue weighted by Crippen LogP contribution is -2.41. The largest absolute Gasteiger partial charge is 0.320 e. The molecule has 1 aromatic rings. The zero-order chi connectivity index (χ0) is 10.4. The van der Waals surface area contributed by atoms with E-state index in [4.69, 9.17) is 5.73 Å². The molecule has 1 aliphatic carbocycles. The molecule has 0 aliphatic heterocycles. The van der Waals surface area contributed by atoms with Crippen LogP contribution in [0.15, 0.2) is 24.3 Å². The van der Waals surface area contributed by atoms with Crippen molar-refractivity contribution in [1.82, 2.24) is 0 Å². The first-order chi connectivity index (χ1) is 6.47. The van der Waals surface area contributed by atoms with Gasteiger partial charge in [0.05, 0.1) is 5.54 Å². The van der Waals surface area contributed by atoms with Crippen molar-refractivity contribution >= 4 is 0 Å². The maximum atomic E-state index is 13.9. The Bertz CT molecular complexity index is 356. The van der Waals surface area contributed by atoms with E-state index >= 15 is 0 Å². The molecule has 2 N–H and O–H groups in total. The highest BCUT2D eigenvalue weighted by Gasteiger charge is 2.60. The summed E-state index contributed by atoms with van der Waals surface area (Å²) in [6.45, 7) is 1.69. The van der Waals surface area contributed by atoms with Crippen LogP contribution in [0.4, 0.5) is 8.78 Å². The summed E-state index contributed by atoms with van der Waals surface area (Å²) in [4.78, 5) is 0. The maximum Gasteiger partial charge on any atom is 0.291 e. The number of alkyl halides is 2. The number of halogens is 2. The molecule has 0 radical (unpaired) electrons. The number of hydrogen-bond donors (Lipinski definition) is 1. The van der Waals surface area contributed by atoms with Crippen LogP contribution in [-0.2, 0) is 5.92 Å². The SMILES string of the molecule is Cc1ccccc1C(F)(F)C1(N)CC1. The van der Waals surface area contributed by atoms with Gasteiger partial charge in [-0.1, -0.05) is 24.3 Å². The number of hydrogen-bond acceptors (Lipinski definition) is 1. The van der Waals surface area contributed by atoms with Gasteiger partial charge in [0.15, 0.2) is 0 Å². The molecule has 0 bridgehead atoms. The van der Waals surface area contributed by atoms with Crippen LogP contribution < -0.4 is 5.73 Å². The van der Waals surface area contributed by atoms with E-state index in [-0.39, 0.29) is 5.56 Å². The second-order valence-corrected chi connectivity index (χ2v) is 4.05. The molecular formula is C11H13F2N. The smallest absolute Gasteiger partial charge is 0.291 e. The Balaban J connectivity index is 2.44. The first kappa shape index (κ1) is 9.59. The summed E-state index contributed by atoms with van der Waals surface area (Å²) in [5.41, 5.74) is 4.96. The quantitative estimate of drug-likeness (QED) is 0.774. The number of benzene rings is 1. The molecule has 0 spiro atoms. The summed E-state index contributed by atoms with van der Waals surface area (Å²) in [6.07, 6.45) is 0.822. The molecule has 0 saturated heterocycles. The van der Waals surface area contributed by atoms with Crippen molar-refractivity contribution in [3.63, 3.8) is 0 Å². The van der Waals surface area contributed by atoms with Crippen molar-refractivity contribution in [1.29, 1.82) is 0 Å². The van der Waals surface area contributed by atoms with Gasteiger partial charge < -0.3 is 5.73 Å². The Hall–Kier alpha value is -0.960. The van der Waals surface area contributed by atoms with Crippen LogP contribution in [0.2, 0.25) is 0 Å². The van der Waals surface area contributed by atoms with Crippen molar-refractivity contribution in [2.75, 3.05) is 0 Å². The van der Waals surface area contributed by atoms with Gasteiger partial charge in [-0.25, -0.2) is 0 Å². The van der Waals surface area contributed by atoms with Gasteiger partial charge in [-0.3, -0.25) is 0 Å². The highest BCUT2D eigenvalue weighted by Crippen LogP contribution is 2.52. The molecule has 0 unspecified atom stereocenters. The highest BCUT2D eigenvalue weighted by molar-refractivity contribution is 5.34. The van der Waals surface area contributed by atoms with E-state index in [1.165, 1.54) is 6.07 Å². The van der Waals surface area contributed by atoms with Gasteiger partial charge in [0, 0.05) is 5.56 Å². The predicted molar refractivity (Wildman–Crippen MR) is 51.2 cm³/mol. The number of nitrogens with two attached hydrogens (primary N) is 1. The Morgan fingerprint density at radius 2 is 1.86 bits per heavy atom. The molecule has 76 valence electrons. The van der Waals surface area contributed by atoms with Crippen LogP contribution in [0, 0.1) is 6.92 Å². The zero-order valence-corrected chi connectivity index (χ0v) is 8.06. The normalized spacial score (nSPS) is 19.4. The lowest BCUT2D eigenvalue weighted by Gasteiger charge is -2.24. The van der Waals surface area contributed by atoms with Gasteiger partial charge in [-0.15, -0.1) is 0 Å². The van der Waals surface area contributed by atoms with Crippen molar-refractivity contribution in [3.05, 3.63) is 35.4 Å². The molecule has 2 rings (SSSR count). The van der Waals surface area contributed by atoms with Gasteiger partial charge in [-0.05, 0) is 25.3 Å². The molecule has 1 aliphatic rings. The van der Waals surface area contributed by atoms with Crippen LogP contribution >= 0.6 is 0 Å². The maximum absolute atomic E-state index is 13.9. The summed E-state index contributed by atoms with van der Waals surface area (Å²) in [5, 5.41) is 0. The van der Waals surface area contributed by atoms with E-state index in [0.29, 0.717) is 18.4 Å². The summed E-state index contributed by atoms with van der Waals surface area (Å²) in [5.74, 6) is -2.89. The van der Waals surface area contributed by atoms with E-state index < -0.39 is 11.5 Å². The highest BCUT2D eigenvalue weighted by atomic mass is 19.3. The Labute approximate surface area is 81.9 Å². The fraction of sp³-hybridized carbons (Fsp3) is 0.455. The Morgan fingerprint density at radius 1 is 1.29 bits per heavy atom. The third kappa shape index (κ3) is 1.23. The first-order valence-electron chi connectivity index (χ1n) is 4.70. The van der Waals surface area contributed by atoms with E-state index in [9.17, 15) is 8.78 Å². The zero-order valence-electron chi connectivity index (χ0n) is 8.06. The molecule has 14 heavy (non-hydrogen) atoms. The van der Waals surface area contributed by atoms with Crippen LogP contribution in [0.3, 0.4) is 0 Å². The third-order valence-corrected chi connectivity index (χ3v) is 2.90. The van der Waals surface area contributed by atoms with Gasteiger partial charge >= 0.3 is 0 Å². The lowest BCUT2D eigenvalue weighted by molar-refractivity contribution is -0.0426. The molecule has 0 heterocycles. The average molecular weight is 197 g/mol. The van der Waals surface area contributed by atoms with Crippen molar-refractivity contribution in [2.24, 2.45) is 5.73 Å². The van der Waals surface area contributed by atoms with Crippen LogP contribution in [0.5, 0.6) is 0 Å². The van der Waals surface area contributed by atoms with Crippen LogP contribution in [0.1, 0.15) is 24.0 Å². The van der Waals surface area contributed by atoms with Gasteiger partial charge in [0.1, 0.15) is 0 Å². The van der Waals surface area contributed by atoms with Crippen LogP contribution in [0.25, 0.3) is 0 Å². The summed E-state index contributed by atoms with van der Waals surface area (Å²) < 4.78 is 27.7. The summed E-state index contributed by atoms with van der Waals surface area (Å²) in [7, 11) is 0. The molecule has 0 aromatic heterocycles. The van der Waals surface area contributed by atoms with E-state index in [2.05, 4.69) is 0 Å². The van der Waals surface area contributed by atoms with Gasteiger partial charge in [-0.2, -0.15) is 8.78 Å². The van der Waals surface area contributed by atoms with Gasteiger partial charge in [0.25, 0.3) is 5.92 Å². The van der Waals surface area contributed by atoms with E-state index in [1.54, 1.807) is 25.1 Å². The van der Waals surface area contributed by atoms with Gasteiger partial charge in [0.2, 0.25) is 0 Å². The molecule has 1 fully saturated rings. The molecule has 0 atom stereocenters. The minimum atomic E-state index is -2.89. The summed E-state index contributed by atoms with van der Waals surface area (Å²) in [6, 6.07) is 6.53. The van der Waals surface area contributed by atoms with Crippen molar-refractivity contribution in [2.45, 2.75) is 31.2 Å². The fourth-order valence-corrected chi connectivity index (χ4v) is 1.64. The number of rotatable bonds is 2. The average Bonchev–Trinajstić information content (AvgIpc) is 2.86. The minimum Gasteiger partial charge on any atom is -0.320 e. The second-order valence-electron chi connectivity index (χ2n) is 4.05. The molecule has 0 amide bonds. The fourth-order valence-electron chi connectivity index (χ4n) is 1.64. The Morgan fingerprint density at radius 3 is 2.36 bits per heavy atom. The second kappa shape index (κ2) is 2.76. The molecule has 1 nitrogen and oxygen atoms in total. The molecule has 3 heteroatoms. The van der Waals surface area contributed by atoms with Crippen LogP contribution in [-0.4, -0.2) is 5.54 Å². The lowest BCUT2D eigenvalue weighted by atomic mass is 9.96. The van der Waals surface area contributed by atoms with Crippen molar-refractivity contribution in [3.8, 4) is 0 Å². The van der Waals surface area contributed by atoms with Crippen molar-refractivity contribution < 1.29 is 8.78 Å². The molecule has 1 saturated carbocycles. The Kier molecular flexibility index (Phi) is 1.89. The summed E-state index contributed by atoms with van der Waals surface area (Å²) >= 11 is 0. The first-order valence-corrected chi connectivity index (χ1v) is 4.70. The topological polar surface area (TPSA) is 26.0 Å². The predicted octanol–water partition coefficient (Wildman–Crippen LogP) is 2.58. The third-order valence-electron chi connectivity index (χ3n) is 2.90. The standard InChI is InChI=1S/C11H13F2N/c1-8-4-2-3-5-9(8)11(12,13)10(14)6-7-10/h2-5H,6-7,14H2,1H3. The van der Waals surface area contributed by atoms with E-state index in [1.807, 2.05) is 0 Å². The molecule has 1 aromatic carbocycles. The minimum absolute atomic E-state index is 0.0694. The monoisotopic (exact) mass is 197 g/mol. The molecular weight excluding hydrogens is 184 g/mol. The number of aryl methyl sites for hydroxylation is 1.